The molecule has 1 aliphatic rings. The second-order valence-corrected chi connectivity index (χ2v) is 4.73. The fraction of sp³-hybridized carbons (Fsp3) is 0.571. The van der Waals surface area contributed by atoms with Crippen LogP contribution in [-0.2, 0) is 16.1 Å². The monoisotopic (exact) mass is 269 g/mol. The number of hydrogen-bond donors (Lipinski definition) is 2. The van der Waals surface area contributed by atoms with Crippen LogP contribution in [0.2, 0.25) is 0 Å². The summed E-state index contributed by atoms with van der Waals surface area (Å²) in [6.07, 6.45) is 0.385. The van der Waals surface area contributed by atoms with Gasteiger partial charge in [0.15, 0.2) is 0 Å². The summed E-state index contributed by atoms with van der Waals surface area (Å²) in [5, 5.41) is 12.9. The molecule has 5 heteroatoms. The molecule has 1 fully saturated rings. The van der Waals surface area contributed by atoms with E-state index in [4.69, 9.17) is 9.47 Å². The number of benzene rings is 1. The van der Waals surface area contributed by atoms with E-state index in [0.29, 0.717) is 24.8 Å². The van der Waals surface area contributed by atoms with Crippen LogP contribution in [0.5, 0.6) is 0 Å². The molecule has 4 nitrogen and oxygen atoms in total. The van der Waals surface area contributed by atoms with Gasteiger partial charge in [-0.3, -0.25) is 0 Å². The molecule has 0 spiro atoms. The molecule has 2 atom stereocenters. The van der Waals surface area contributed by atoms with Gasteiger partial charge in [-0.1, -0.05) is 18.2 Å². The summed E-state index contributed by atoms with van der Waals surface area (Å²) >= 11 is 0. The molecule has 0 aromatic heterocycles. The fourth-order valence-electron chi connectivity index (χ4n) is 1.98. The number of aliphatic hydroxyl groups excluding tert-OH is 1. The first-order chi connectivity index (χ1) is 9.25. The van der Waals surface area contributed by atoms with Gasteiger partial charge in [-0.05, 0) is 12.5 Å². The molecule has 1 aliphatic heterocycles. The third kappa shape index (κ3) is 4.87. The molecule has 1 saturated heterocycles. The highest BCUT2D eigenvalue weighted by molar-refractivity contribution is 5.16. The van der Waals surface area contributed by atoms with Gasteiger partial charge in [0.05, 0.1) is 25.9 Å². The van der Waals surface area contributed by atoms with Crippen molar-refractivity contribution in [2.24, 2.45) is 0 Å². The van der Waals surface area contributed by atoms with E-state index in [0.717, 1.165) is 13.0 Å². The Morgan fingerprint density at radius 2 is 2.32 bits per heavy atom. The van der Waals surface area contributed by atoms with Crippen LogP contribution in [-0.4, -0.2) is 43.6 Å². The van der Waals surface area contributed by atoms with E-state index in [1.165, 1.54) is 6.07 Å². The van der Waals surface area contributed by atoms with Crippen LogP contribution in [0.15, 0.2) is 24.3 Å². The van der Waals surface area contributed by atoms with E-state index < -0.39 is 6.10 Å². The number of hydrogen-bond acceptors (Lipinski definition) is 4. The van der Waals surface area contributed by atoms with Gasteiger partial charge >= 0.3 is 0 Å². The zero-order chi connectivity index (χ0) is 13.5. The van der Waals surface area contributed by atoms with E-state index in [1.807, 2.05) is 0 Å². The molecule has 0 radical (unpaired) electrons. The van der Waals surface area contributed by atoms with Gasteiger partial charge in [-0.15, -0.1) is 0 Å². The minimum Gasteiger partial charge on any atom is -0.389 e. The largest absolute Gasteiger partial charge is 0.389 e. The third-order valence-corrected chi connectivity index (χ3v) is 3.10. The first kappa shape index (κ1) is 14.4. The average Bonchev–Trinajstić information content (AvgIpc) is 2.92. The van der Waals surface area contributed by atoms with Crippen molar-refractivity contribution < 1.29 is 19.0 Å². The minimum atomic E-state index is -0.590. The van der Waals surface area contributed by atoms with Crippen molar-refractivity contribution in [1.29, 1.82) is 0 Å². The van der Waals surface area contributed by atoms with E-state index >= 15 is 0 Å². The molecule has 19 heavy (non-hydrogen) atoms. The van der Waals surface area contributed by atoms with Crippen LogP contribution in [0.4, 0.5) is 4.39 Å². The summed E-state index contributed by atoms with van der Waals surface area (Å²) in [5.74, 6) is -0.279. The molecule has 2 rings (SSSR count). The lowest BCUT2D eigenvalue weighted by atomic mass is 10.2. The Morgan fingerprint density at radius 3 is 3.05 bits per heavy atom. The summed E-state index contributed by atoms with van der Waals surface area (Å²) in [7, 11) is 0. The molecule has 0 amide bonds. The van der Waals surface area contributed by atoms with Crippen molar-refractivity contribution in [2.75, 3.05) is 26.4 Å². The Labute approximate surface area is 112 Å². The summed E-state index contributed by atoms with van der Waals surface area (Å²) in [6, 6.07) is 6.80. The molecule has 1 aromatic rings. The zero-order valence-electron chi connectivity index (χ0n) is 10.8. The highest BCUT2D eigenvalue weighted by atomic mass is 19.1. The predicted octanol–water partition coefficient (Wildman–Crippen LogP) is 1.08. The van der Waals surface area contributed by atoms with Crippen molar-refractivity contribution in [1.82, 2.24) is 5.32 Å². The Morgan fingerprint density at radius 1 is 1.47 bits per heavy atom. The zero-order valence-corrected chi connectivity index (χ0v) is 10.8. The van der Waals surface area contributed by atoms with Gasteiger partial charge in [0.2, 0.25) is 0 Å². The number of ether oxygens (including phenoxy) is 2. The quantitative estimate of drug-likeness (QED) is 0.778. The molecule has 0 aliphatic carbocycles. The van der Waals surface area contributed by atoms with Crippen molar-refractivity contribution in [3.63, 3.8) is 0 Å². The van der Waals surface area contributed by atoms with Crippen molar-refractivity contribution >= 4 is 0 Å². The molecule has 2 N–H and O–H groups in total. The van der Waals surface area contributed by atoms with Crippen LogP contribution in [0, 0.1) is 5.82 Å². The van der Waals surface area contributed by atoms with Gasteiger partial charge in [-0.25, -0.2) is 4.39 Å². The Bertz CT molecular complexity index is 383. The topological polar surface area (TPSA) is 50.7 Å². The molecule has 1 heterocycles. The SMILES string of the molecule is OC(CNC1CCOC1)COCc1ccccc1F. The van der Waals surface area contributed by atoms with E-state index in [9.17, 15) is 9.50 Å². The maximum atomic E-state index is 13.3. The van der Waals surface area contributed by atoms with Crippen LogP contribution in [0.3, 0.4) is 0 Å². The van der Waals surface area contributed by atoms with Gasteiger partial charge in [0.1, 0.15) is 5.82 Å². The molecule has 2 unspecified atom stereocenters. The number of aliphatic hydroxyl groups is 1. The maximum absolute atomic E-state index is 13.3. The molecule has 106 valence electrons. The first-order valence-corrected chi connectivity index (χ1v) is 6.56. The standard InChI is InChI=1S/C14H20FNO3/c15-14-4-2-1-3-11(14)8-19-10-13(17)7-16-12-5-6-18-9-12/h1-4,12-13,16-17H,5-10H2. The number of nitrogens with one attached hydrogen (secondary N) is 1. The Balaban J connectivity index is 1.61. The lowest BCUT2D eigenvalue weighted by molar-refractivity contribution is 0.0264. The van der Waals surface area contributed by atoms with E-state index in [2.05, 4.69) is 5.32 Å². The lowest BCUT2D eigenvalue weighted by Crippen LogP contribution is -2.37. The fourth-order valence-corrected chi connectivity index (χ4v) is 1.98. The summed E-state index contributed by atoms with van der Waals surface area (Å²) in [6.45, 7) is 2.30. The first-order valence-electron chi connectivity index (χ1n) is 6.56. The van der Waals surface area contributed by atoms with Crippen LogP contribution in [0.1, 0.15) is 12.0 Å². The highest BCUT2D eigenvalue weighted by Gasteiger charge is 2.16. The second kappa shape index (κ2) is 7.55. The molecular weight excluding hydrogens is 249 g/mol. The van der Waals surface area contributed by atoms with Gasteiger partial charge in [0.25, 0.3) is 0 Å². The van der Waals surface area contributed by atoms with Gasteiger partial charge in [0, 0.05) is 24.8 Å². The van der Waals surface area contributed by atoms with Crippen molar-refractivity contribution in [2.45, 2.75) is 25.2 Å². The van der Waals surface area contributed by atoms with Crippen molar-refractivity contribution in [3.05, 3.63) is 35.6 Å². The Kier molecular flexibility index (Phi) is 5.72. The molecule has 1 aromatic carbocycles. The van der Waals surface area contributed by atoms with Gasteiger partial charge < -0.3 is 19.9 Å². The highest BCUT2D eigenvalue weighted by Crippen LogP contribution is 2.08. The lowest BCUT2D eigenvalue weighted by Gasteiger charge is -2.15. The summed E-state index contributed by atoms with van der Waals surface area (Å²) < 4.78 is 23.8. The minimum absolute atomic E-state index is 0.177. The van der Waals surface area contributed by atoms with E-state index in [1.54, 1.807) is 18.2 Å². The average molecular weight is 269 g/mol. The second-order valence-electron chi connectivity index (χ2n) is 4.73. The third-order valence-electron chi connectivity index (χ3n) is 3.10. The van der Waals surface area contributed by atoms with Crippen LogP contribution in [0.25, 0.3) is 0 Å². The number of halogens is 1. The maximum Gasteiger partial charge on any atom is 0.128 e. The molecular formula is C14H20FNO3. The Hall–Kier alpha value is -1.01. The summed E-state index contributed by atoms with van der Waals surface area (Å²) in [4.78, 5) is 0. The normalized spacial score (nSPS) is 20.6. The predicted molar refractivity (Wildman–Crippen MR) is 69.3 cm³/mol. The molecule has 0 saturated carbocycles. The smallest absolute Gasteiger partial charge is 0.128 e. The van der Waals surface area contributed by atoms with Gasteiger partial charge in [-0.2, -0.15) is 0 Å². The number of rotatable bonds is 7. The van der Waals surface area contributed by atoms with Crippen LogP contribution < -0.4 is 5.32 Å². The summed E-state index contributed by atoms with van der Waals surface area (Å²) in [5.41, 5.74) is 0.506. The van der Waals surface area contributed by atoms with Crippen molar-refractivity contribution in [3.8, 4) is 0 Å². The molecule has 0 bridgehead atoms. The van der Waals surface area contributed by atoms with E-state index in [-0.39, 0.29) is 19.0 Å². The van der Waals surface area contributed by atoms with Crippen LogP contribution >= 0.6 is 0 Å².